The molecule has 0 spiro atoms. The number of hydrogen-bond acceptors (Lipinski definition) is 4. The van der Waals surface area contributed by atoms with Gasteiger partial charge in [-0.2, -0.15) is 0 Å². The van der Waals surface area contributed by atoms with Gasteiger partial charge in [-0.3, -0.25) is 4.79 Å². The molecule has 0 aliphatic carbocycles. The second kappa shape index (κ2) is 5.80. The Labute approximate surface area is 117 Å². The molecule has 0 fully saturated rings. The van der Waals surface area contributed by atoms with Gasteiger partial charge in [-0.25, -0.2) is 0 Å². The van der Waals surface area contributed by atoms with E-state index in [0.717, 1.165) is 5.56 Å². The van der Waals surface area contributed by atoms with Crippen molar-refractivity contribution in [2.24, 2.45) is 5.73 Å². The summed E-state index contributed by atoms with van der Waals surface area (Å²) >= 11 is 6.24. The highest BCUT2D eigenvalue weighted by molar-refractivity contribution is 6.34. The molecule has 2 N–H and O–H groups in total. The minimum atomic E-state index is -0.0480. The molecule has 4 nitrogen and oxygen atoms in total. The van der Waals surface area contributed by atoms with Gasteiger partial charge in [-0.1, -0.05) is 25.4 Å². The van der Waals surface area contributed by atoms with E-state index in [0.29, 0.717) is 41.8 Å². The molecule has 0 saturated heterocycles. The Kier molecular flexibility index (Phi) is 4.32. The minimum absolute atomic E-state index is 0.0480. The van der Waals surface area contributed by atoms with E-state index in [1.54, 1.807) is 6.07 Å². The third kappa shape index (κ3) is 2.69. The van der Waals surface area contributed by atoms with Crippen LogP contribution >= 0.6 is 11.6 Å². The van der Waals surface area contributed by atoms with E-state index in [2.05, 4.69) is 0 Å². The number of nitrogens with two attached hydrogens (primary N) is 1. The van der Waals surface area contributed by atoms with Gasteiger partial charge in [0.15, 0.2) is 17.3 Å². The SMILES string of the molecule is CC(C)c1c2c(cc(Cl)c1C(=O)CCN)OCCO2. The third-order valence-corrected chi connectivity index (χ3v) is 3.35. The van der Waals surface area contributed by atoms with E-state index in [9.17, 15) is 4.79 Å². The van der Waals surface area contributed by atoms with Crippen LogP contribution in [0.5, 0.6) is 11.5 Å². The number of carbonyl (C=O) groups is 1. The maximum atomic E-state index is 12.2. The first kappa shape index (κ1) is 14.2. The zero-order chi connectivity index (χ0) is 14.0. The molecule has 0 bridgehead atoms. The number of Topliss-reactive ketones (excluding diaryl/α,β-unsaturated/α-hetero) is 1. The summed E-state index contributed by atoms with van der Waals surface area (Å²) in [5.41, 5.74) is 6.80. The van der Waals surface area contributed by atoms with Gasteiger partial charge in [0.25, 0.3) is 0 Å². The first-order valence-electron chi connectivity index (χ1n) is 6.41. The number of rotatable bonds is 4. The molecule has 5 heteroatoms. The summed E-state index contributed by atoms with van der Waals surface area (Å²) in [6.07, 6.45) is 0.277. The fourth-order valence-electron chi connectivity index (χ4n) is 2.27. The van der Waals surface area contributed by atoms with Crippen molar-refractivity contribution in [1.82, 2.24) is 0 Å². The van der Waals surface area contributed by atoms with Crippen LogP contribution in [-0.4, -0.2) is 25.5 Å². The number of ketones is 1. The Balaban J connectivity index is 2.61. The summed E-state index contributed by atoms with van der Waals surface area (Å²) in [6.45, 7) is 5.29. The average Bonchev–Trinajstić information content (AvgIpc) is 2.37. The average molecular weight is 284 g/mol. The standard InChI is InChI=1S/C14H18ClNO3/c1-8(2)12-13(10(17)3-4-16)9(15)7-11-14(12)19-6-5-18-11/h7-8H,3-6,16H2,1-2H3. The van der Waals surface area contributed by atoms with E-state index in [4.69, 9.17) is 26.8 Å². The first-order chi connectivity index (χ1) is 9.06. The molecule has 0 saturated carbocycles. The molecule has 0 amide bonds. The first-order valence-corrected chi connectivity index (χ1v) is 6.79. The largest absolute Gasteiger partial charge is 0.486 e. The number of fused-ring (bicyclic) bond motifs is 1. The summed E-state index contributed by atoms with van der Waals surface area (Å²) in [4.78, 5) is 12.2. The lowest BCUT2D eigenvalue weighted by atomic mass is 9.92. The normalized spacial score (nSPS) is 13.7. The Morgan fingerprint density at radius 2 is 2.11 bits per heavy atom. The molecule has 1 heterocycles. The molecule has 1 aromatic rings. The lowest BCUT2D eigenvalue weighted by Gasteiger charge is -2.25. The summed E-state index contributed by atoms with van der Waals surface area (Å²) < 4.78 is 11.2. The van der Waals surface area contributed by atoms with Crippen LogP contribution in [0.15, 0.2) is 6.07 Å². The van der Waals surface area contributed by atoms with Crippen LogP contribution in [0.25, 0.3) is 0 Å². The number of ether oxygens (including phenoxy) is 2. The quantitative estimate of drug-likeness (QED) is 0.863. The molecular weight excluding hydrogens is 266 g/mol. The van der Waals surface area contributed by atoms with Crippen molar-refractivity contribution < 1.29 is 14.3 Å². The van der Waals surface area contributed by atoms with Gasteiger partial charge < -0.3 is 15.2 Å². The van der Waals surface area contributed by atoms with Crippen molar-refractivity contribution in [1.29, 1.82) is 0 Å². The number of hydrogen-bond donors (Lipinski definition) is 1. The van der Waals surface area contributed by atoms with E-state index in [1.807, 2.05) is 13.8 Å². The predicted molar refractivity (Wildman–Crippen MR) is 74.5 cm³/mol. The highest BCUT2D eigenvalue weighted by atomic mass is 35.5. The molecule has 0 aromatic heterocycles. The van der Waals surface area contributed by atoms with Crippen LogP contribution in [0.4, 0.5) is 0 Å². The van der Waals surface area contributed by atoms with Crippen LogP contribution in [0.2, 0.25) is 5.02 Å². The third-order valence-electron chi connectivity index (χ3n) is 3.05. The highest BCUT2D eigenvalue weighted by Crippen LogP contribution is 2.43. The van der Waals surface area contributed by atoms with Gasteiger partial charge in [0.2, 0.25) is 0 Å². The predicted octanol–water partition coefficient (Wildman–Crippen LogP) is 2.77. The van der Waals surface area contributed by atoms with Gasteiger partial charge in [0, 0.05) is 23.6 Å². The topological polar surface area (TPSA) is 61.6 Å². The van der Waals surface area contributed by atoms with Gasteiger partial charge in [0.05, 0.1) is 5.02 Å². The summed E-state index contributed by atoms with van der Waals surface area (Å²) in [7, 11) is 0. The second-order valence-corrected chi connectivity index (χ2v) is 5.20. The van der Waals surface area contributed by atoms with E-state index < -0.39 is 0 Å². The molecule has 2 rings (SSSR count). The Morgan fingerprint density at radius 3 is 2.74 bits per heavy atom. The molecule has 0 radical (unpaired) electrons. The molecule has 104 valence electrons. The van der Waals surface area contributed by atoms with Crippen molar-refractivity contribution in [2.75, 3.05) is 19.8 Å². The Hall–Kier alpha value is -1.26. The zero-order valence-electron chi connectivity index (χ0n) is 11.2. The molecular formula is C14H18ClNO3. The minimum Gasteiger partial charge on any atom is -0.486 e. The number of halogens is 1. The van der Waals surface area contributed by atoms with Gasteiger partial charge in [-0.15, -0.1) is 0 Å². The number of benzene rings is 1. The summed E-state index contributed by atoms with van der Waals surface area (Å²) in [5.74, 6) is 1.33. The fourth-order valence-corrected chi connectivity index (χ4v) is 2.58. The van der Waals surface area contributed by atoms with E-state index in [-0.39, 0.29) is 18.1 Å². The number of carbonyl (C=O) groups excluding carboxylic acids is 1. The maximum Gasteiger partial charge on any atom is 0.166 e. The van der Waals surface area contributed by atoms with Crippen molar-refractivity contribution >= 4 is 17.4 Å². The smallest absolute Gasteiger partial charge is 0.166 e. The van der Waals surface area contributed by atoms with Crippen LogP contribution in [-0.2, 0) is 0 Å². The highest BCUT2D eigenvalue weighted by Gasteiger charge is 2.27. The second-order valence-electron chi connectivity index (χ2n) is 4.79. The lowest BCUT2D eigenvalue weighted by Crippen LogP contribution is -2.19. The van der Waals surface area contributed by atoms with Crippen molar-refractivity contribution in [2.45, 2.75) is 26.2 Å². The zero-order valence-corrected chi connectivity index (χ0v) is 11.9. The van der Waals surface area contributed by atoms with Gasteiger partial charge in [0.1, 0.15) is 13.2 Å². The van der Waals surface area contributed by atoms with Crippen LogP contribution < -0.4 is 15.2 Å². The maximum absolute atomic E-state index is 12.2. The molecule has 19 heavy (non-hydrogen) atoms. The molecule has 0 unspecified atom stereocenters. The Bertz CT molecular complexity index is 500. The van der Waals surface area contributed by atoms with Crippen LogP contribution in [0, 0.1) is 0 Å². The fraction of sp³-hybridized carbons (Fsp3) is 0.500. The van der Waals surface area contributed by atoms with E-state index in [1.165, 1.54) is 0 Å². The molecule has 1 aliphatic heterocycles. The van der Waals surface area contributed by atoms with Gasteiger partial charge >= 0.3 is 0 Å². The van der Waals surface area contributed by atoms with Crippen LogP contribution in [0.1, 0.15) is 42.1 Å². The Morgan fingerprint density at radius 1 is 1.42 bits per heavy atom. The van der Waals surface area contributed by atoms with E-state index >= 15 is 0 Å². The van der Waals surface area contributed by atoms with Crippen molar-refractivity contribution in [3.63, 3.8) is 0 Å². The summed E-state index contributed by atoms with van der Waals surface area (Å²) in [5, 5.41) is 0.409. The molecule has 0 atom stereocenters. The lowest BCUT2D eigenvalue weighted by molar-refractivity contribution is 0.0982. The molecule has 1 aromatic carbocycles. The summed E-state index contributed by atoms with van der Waals surface area (Å²) in [6, 6.07) is 1.66. The van der Waals surface area contributed by atoms with Gasteiger partial charge in [-0.05, 0) is 12.5 Å². The van der Waals surface area contributed by atoms with Crippen molar-refractivity contribution in [3.05, 3.63) is 22.2 Å². The van der Waals surface area contributed by atoms with Crippen molar-refractivity contribution in [3.8, 4) is 11.5 Å². The monoisotopic (exact) mass is 283 g/mol. The van der Waals surface area contributed by atoms with Crippen LogP contribution in [0.3, 0.4) is 0 Å². The molecule has 1 aliphatic rings.